The van der Waals surface area contributed by atoms with Crippen molar-refractivity contribution in [3.8, 4) is 0 Å². The van der Waals surface area contributed by atoms with E-state index in [1.165, 1.54) is 36.6 Å². The second kappa shape index (κ2) is 14.5. The summed E-state index contributed by atoms with van der Waals surface area (Å²) in [4.78, 5) is 36.5. The summed E-state index contributed by atoms with van der Waals surface area (Å²) in [6.45, 7) is 6.01. The van der Waals surface area contributed by atoms with Gasteiger partial charge in [0.1, 0.15) is 18.1 Å². The number of allylic oxidation sites excluding steroid dienone is 1. The number of hydrogen-bond acceptors (Lipinski definition) is 6. The van der Waals surface area contributed by atoms with Gasteiger partial charge in [0.2, 0.25) is 0 Å². The maximum Gasteiger partial charge on any atom is 1.00 e. The van der Waals surface area contributed by atoms with E-state index >= 15 is 0 Å². The fourth-order valence-corrected chi connectivity index (χ4v) is 2.39. The Hall–Kier alpha value is -0.494. The number of rotatable bonds is 13. The molecule has 0 aromatic carbocycles. The molecule has 0 radical (unpaired) electrons. The third kappa shape index (κ3) is 10.6. The molecule has 0 bridgehead atoms. The Labute approximate surface area is 202 Å². The summed E-state index contributed by atoms with van der Waals surface area (Å²) in [5.41, 5.74) is 0. The maximum absolute atomic E-state index is 12.0. The predicted molar refractivity (Wildman–Crippen MR) is 92.6 cm³/mol. The number of carbonyl (C=O) groups is 3. The van der Waals surface area contributed by atoms with Crippen molar-refractivity contribution in [3.63, 3.8) is 0 Å². The molecule has 0 aliphatic rings. The zero-order valence-corrected chi connectivity index (χ0v) is 19.8. The van der Waals surface area contributed by atoms with Crippen LogP contribution in [0.15, 0.2) is 11.8 Å². The van der Waals surface area contributed by atoms with E-state index in [0.717, 1.165) is 6.42 Å². The van der Waals surface area contributed by atoms with Crippen LogP contribution in [0, 0.1) is 0 Å². The Balaban J connectivity index is 0. The topological polar surface area (TPSA) is 141 Å². The Morgan fingerprint density at radius 3 is 1.74 bits per heavy atom. The van der Waals surface area contributed by atoms with Gasteiger partial charge in [-0.1, -0.05) is 19.4 Å². The van der Waals surface area contributed by atoms with E-state index in [4.69, 9.17) is 0 Å². The summed E-state index contributed by atoms with van der Waals surface area (Å²) in [6, 6.07) is -3.09. The van der Waals surface area contributed by atoms with Crippen LogP contribution in [0.3, 0.4) is 0 Å². The number of unbranched alkanes of at least 4 members (excludes halogenated alkanes) is 1. The van der Waals surface area contributed by atoms with Crippen molar-refractivity contribution >= 4 is 17.9 Å². The molecule has 10 heteroatoms. The third-order valence-electron chi connectivity index (χ3n) is 4.28. The van der Waals surface area contributed by atoms with Crippen LogP contribution in [0.4, 0.5) is 0 Å². The fourth-order valence-electron chi connectivity index (χ4n) is 2.39. The monoisotopic (exact) mass is 412 g/mol. The predicted octanol–water partition coefficient (Wildman–Crippen LogP) is -2.94. The second-order valence-corrected chi connectivity index (χ2v) is 6.21. The van der Waals surface area contributed by atoms with E-state index in [2.05, 4.69) is 0 Å². The van der Waals surface area contributed by atoms with E-state index in [-0.39, 0.29) is 76.8 Å². The van der Waals surface area contributed by atoms with Gasteiger partial charge in [-0.3, -0.25) is 24.2 Å². The minimum absolute atomic E-state index is 0. The number of hydrogen-bond donors (Lipinski definition) is 3. The van der Waals surface area contributed by atoms with Crippen LogP contribution in [0.25, 0.3) is 0 Å². The molecule has 0 saturated heterocycles. The number of carboxylic acid groups (broad SMARTS) is 3. The van der Waals surface area contributed by atoms with E-state index in [1.807, 2.05) is 6.92 Å². The summed E-state index contributed by atoms with van der Waals surface area (Å²) in [7, 11) is 0. The van der Waals surface area contributed by atoms with Gasteiger partial charge in [-0.15, -0.1) is 5.76 Å². The molecule has 150 valence electrons. The molecule has 3 atom stereocenters. The first-order chi connectivity index (χ1) is 12.0. The first kappa shape index (κ1) is 28.7. The average Bonchev–Trinajstić information content (AvgIpc) is 2.57. The van der Waals surface area contributed by atoms with Crippen molar-refractivity contribution in [2.45, 2.75) is 58.7 Å². The molecule has 3 N–H and O–H groups in total. The van der Waals surface area contributed by atoms with E-state index in [1.54, 1.807) is 0 Å². The minimum atomic E-state index is -1.18. The Kier molecular flexibility index (Phi) is 15.4. The van der Waals surface area contributed by atoms with Crippen LogP contribution >= 0.6 is 0 Å². The second-order valence-electron chi connectivity index (χ2n) is 6.21. The molecule has 0 amide bonds. The van der Waals surface area contributed by atoms with E-state index in [9.17, 15) is 34.8 Å². The molecule has 3 unspecified atom stereocenters. The molecule has 0 aromatic rings. The van der Waals surface area contributed by atoms with Crippen molar-refractivity contribution in [1.29, 1.82) is 0 Å². The van der Waals surface area contributed by atoms with Crippen LogP contribution in [0.1, 0.15) is 40.5 Å². The molecule has 0 heterocycles. The van der Waals surface area contributed by atoms with Crippen LogP contribution < -0.4 is 56.5 Å². The van der Waals surface area contributed by atoms with Crippen molar-refractivity contribution in [1.82, 2.24) is 9.80 Å². The van der Waals surface area contributed by atoms with Gasteiger partial charge in [0.15, 0.2) is 0 Å². The maximum atomic E-state index is 12.0. The summed E-state index contributed by atoms with van der Waals surface area (Å²) >= 11 is 0. The Morgan fingerprint density at radius 2 is 1.37 bits per heavy atom. The molecule has 0 aromatic heterocycles. The summed E-state index contributed by atoms with van der Waals surface area (Å²) in [6.07, 6.45) is 2.88. The van der Waals surface area contributed by atoms with Gasteiger partial charge in [-0.2, -0.15) is 0 Å². The first-order valence-electron chi connectivity index (χ1n) is 8.57. The zero-order chi connectivity index (χ0) is 20.4. The molecule has 0 aliphatic carbocycles. The van der Waals surface area contributed by atoms with Crippen molar-refractivity contribution in [2.75, 3.05) is 19.6 Å². The standard InChI is InChI=1S/C17H30N2O7.K/c1-5-6-7-14(20)10-18(11(2)15(21)22)8-9-19(12(3)16(23)24)13(4)17(25)26;/h7,11-13,20H,5-6,8-10H2,1-4H3,(H,21,22)(H,23,24)(H,25,26);/q;+1/p-1/b14-7-;. The SMILES string of the molecule is CCC/C=C(\[O-])CN(CCN(C(C)C(=O)O)C(C)C(=O)O)C(C)C(=O)O.[K+]. The molecule has 0 rings (SSSR count). The van der Waals surface area contributed by atoms with Crippen LogP contribution in [-0.4, -0.2) is 80.8 Å². The number of nitrogens with zero attached hydrogens (tertiary/aromatic N) is 2. The quantitative estimate of drug-likeness (QED) is 0.214. The summed E-state index contributed by atoms with van der Waals surface area (Å²) < 4.78 is 0. The van der Waals surface area contributed by atoms with Gasteiger partial charge in [-0.05, 0) is 27.2 Å². The molecular formula is C17H29KN2O7. The molecule has 0 aliphatic heterocycles. The zero-order valence-electron chi connectivity index (χ0n) is 16.7. The largest absolute Gasteiger partial charge is 1.00 e. The Bertz CT molecular complexity index is 507. The van der Waals surface area contributed by atoms with Crippen LogP contribution in [0.2, 0.25) is 0 Å². The number of aliphatic carboxylic acids is 3. The van der Waals surface area contributed by atoms with Gasteiger partial charge >= 0.3 is 69.3 Å². The smallest absolute Gasteiger partial charge is 0.875 e. The summed E-state index contributed by atoms with van der Waals surface area (Å²) in [5.74, 6) is -3.69. The number of carboxylic acids is 3. The average molecular weight is 413 g/mol. The molecule has 0 spiro atoms. The molecule has 9 nitrogen and oxygen atoms in total. The minimum Gasteiger partial charge on any atom is -0.875 e. The fraction of sp³-hybridized carbons (Fsp3) is 0.706. The van der Waals surface area contributed by atoms with Gasteiger partial charge in [0.25, 0.3) is 0 Å². The summed E-state index contributed by atoms with van der Waals surface area (Å²) in [5, 5.41) is 39.6. The molecule has 0 saturated carbocycles. The van der Waals surface area contributed by atoms with Gasteiger partial charge < -0.3 is 20.4 Å². The normalized spacial score (nSPS) is 15.1. The third-order valence-corrected chi connectivity index (χ3v) is 4.28. The van der Waals surface area contributed by atoms with Gasteiger partial charge in [0.05, 0.1) is 0 Å². The van der Waals surface area contributed by atoms with Crippen molar-refractivity contribution in [2.24, 2.45) is 0 Å². The molecule has 0 fully saturated rings. The van der Waals surface area contributed by atoms with Crippen LogP contribution in [0.5, 0.6) is 0 Å². The van der Waals surface area contributed by atoms with Crippen molar-refractivity contribution in [3.05, 3.63) is 11.8 Å². The van der Waals surface area contributed by atoms with Gasteiger partial charge in [0, 0.05) is 19.6 Å². The molecule has 27 heavy (non-hydrogen) atoms. The van der Waals surface area contributed by atoms with E-state index in [0.29, 0.717) is 6.42 Å². The van der Waals surface area contributed by atoms with Gasteiger partial charge in [-0.25, -0.2) is 0 Å². The first-order valence-corrected chi connectivity index (χ1v) is 8.57. The molecular weight excluding hydrogens is 383 g/mol. The van der Waals surface area contributed by atoms with Crippen LogP contribution in [-0.2, 0) is 14.4 Å². The van der Waals surface area contributed by atoms with E-state index < -0.39 is 36.0 Å². The Morgan fingerprint density at radius 1 is 0.926 bits per heavy atom. The van der Waals surface area contributed by atoms with Crippen molar-refractivity contribution < 1.29 is 86.2 Å².